The van der Waals surface area contributed by atoms with E-state index >= 15 is 0 Å². The van der Waals surface area contributed by atoms with Crippen molar-refractivity contribution in [3.63, 3.8) is 0 Å². The number of rotatable bonds is 8. The van der Waals surface area contributed by atoms with Gasteiger partial charge in [0.1, 0.15) is 6.04 Å². The summed E-state index contributed by atoms with van der Waals surface area (Å²) in [6.07, 6.45) is 21.6. The summed E-state index contributed by atoms with van der Waals surface area (Å²) in [6, 6.07) is 0.360. The Morgan fingerprint density at radius 3 is 2.53 bits per heavy atom. The van der Waals surface area contributed by atoms with E-state index in [9.17, 15) is 9.90 Å². The molecular weight excluding hydrogens is 372 g/mol. The van der Waals surface area contributed by atoms with Crippen LogP contribution in [0.15, 0.2) is 0 Å². The van der Waals surface area contributed by atoms with Crippen LogP contribution in [-0.2, 0) is 4.79 Å². The summed E-state index contributed by atoms with van der Waals surface area (Å²) in [5, 5.41) is 13.8. The van der Waals surface area contributed by atoms with Crippen molar-refractivity contribution < 1.29 is 9.90 Å². The highest BCUT2D eigenvalue weighted by molar-refractivity contribution is 5.73. The molecule has 4 nitrogen and oxygen atoms in total. The third kappa shape index (κ3) is 5.23. The second-order valence-electron chi connectivity index (χ2n) is 11.0. The Morgan fingerprint density at radius 1 is 0.933 bits per heavy atom. The molecule has 0 radical (unpaired) electrons. The molecule has 0 bridgehead atoms. The summed E-state index contributed by atoms with van der Waals surface area (Å²) in [5.41, 5.74) is 0. The average molecular weight is 419 g/mol. The number of carboxylic acids is 1. The van der Waals surface area contributed by atoms with Gasteiger partial charge in [-0.15, -0.1) is 0 Å². The van der Waals surface area contributed by atoms with Crippen molar-refractivity contribution in [2.75, 3.05) is 6.54 Å². The van der Waals surface area contributed by atoms with E-state index in [0.717, 1.165) is 43.1 Å². The van der Waals surface area contributed by atoms with Crippen LogP contribution in [-0.4, -0.2) is 40.8 Å². The quantitative estimate of drug-likeness (QED) is 0.489. The van der Waals surface area contributed by atoms with Gasteiger partial charge in [-0.25, -0.2) is 0 Å². The number of carboxylic acid groups (broad SMARTS) is 1. The number of nitrogens with one attached hydrogen (secondary N) is 1. The Kier molecular flexibility index (Phi) is 8.14. The number of fused-ring (bicyclic) bond motifs is 1. The lowest BCUT2D eigenvalue weighted by molar-refractivity contribution is -0.144. The molecular formula is C26H46N2O2. The van der Waals surface area contributed by atoms with Crippen molar-refractivity contribution in [2.45, 2.75) is 128 Å². The SMILES string of the molecule is CCCCCCC1CCC2NC(N3CCCC3C(=O)O)CC(C3CCCCC3)C2C1. The molecule has 0 aromatic carbocycles. The molecule has 2 saturated heterocycles. The molecule has 30 heavy (non-hydrogen) atoms. The number of hydrogen-bond acceptors (Lipinski definition) is 3. The van der Waals surface area contributed by atoms with E-state index in [2.05, 4.69) is 17.1 Å². The second-order valence-corrected chi connectivity index (χ2v) is 11.0. The third-order valence-electron chi connectivity index (χ3n) is 9.16. The highest BCUT2D eigenvalue weighted by Crippen LogP contribution is 2.47. The molecule has 2 N–H and O–H groups in total. The van der Waals surface area contributed by atoms with Gasteiger partial charge in [-0.3, -0.25) is 15.0 Å². The molecule has 2 saturated carbocycles. The van der Waals surface area contributed by atoms with Crippen LogP contribution in [0, 0.1) is 23.7 Å². The maximum Gasteiger partial charge on any atom is 0.320 e. The van der Waals surface area contributed by atoms with Gasteiger partial charge in [-0.2, -0.15) is 0 Å². The van der Waals surface area contributed by atoms with Crippen LogP contribution in [0.3, 0.4) is 0 Å². The van der Waals surface area contributed by atoms with Crippen LogP contribution in [0.5, 0.6) is 0 Å². The Hall–Kier alpha value is -0.610. The number of unbranched alkanes of at least 4 members (excludes halogenated alkanes) is 3. The van der Waals surface area contributed by atoms with Gasteiger partial charge in [-0.05, 0) is 62.2 Å². The topological polar surface area (TPSA) is 52.6 Å². The van der Waals surface area contributed by atoms with Crippen LogP contribution in [0.1, 0.15) is 110 Å². The molecule has 4 fully saturated rings. The van der Waals surface area contributed by atoms with Crippen LogP contribution in [0.4, 0.5) is 0 Å². The first-order valence-corrected chi connectivity index (χ1v) is 13.4. The maximum absolute atomic E-state index is 11.8. The van der Waals surface area contributed by atoms with Gasteiger partial charge in [0.05, 0.1) is 6.17 Å². The number of aliphatic carboxylic acids is 1. The Bertz CT molecular complexity index is 547. The fourth-order valence-corrected chi connectivity index (χ4v) is 7.61. The summed E-state index contributed by atoms with van der Waals surface area (Å²) in [6.45, 7) is 3.27. The monoisotopic (exact) mass is 418 g/mol. The molecule has 172 valence electrons. The lowest BCUT2D eigenvalue weighted by atomic mass is 9.62. The second kappa shape index (κ2) is 10.8. The lowest BCUT2D eigenvalue weighted by Crippen LogP contribution is -2.62. The summed E-state index contributed by atoms with van der Waals surface area (Å²) < 4.78 is 0. The molecule has 2 heterocycles. The molecule has 0 aromatic rings. The largest absolute Gasteiger partial charge is 0.480 e. The number of hydrogen-bond donors (Lipinski definition) is 2. The zero-order chi connectivity index (χ0) is 20.9. The van der Waals surface area contributed by atoms with E-state index in [4.69, 9.17) is 0 Å². The normalized spacial score (nSPS) is 38.4. The lowest BCUT2D eigenvalue weighted by Gasteiger charge is -2.52. The summed E-state index contributed by atoms with van der Waals surface area (Å²) in [5.74, 6) is 2.86. The molecule has 4 rings (SSSR count). The van der Waals surface area contributed by atoms with E-state index in [0.29, 0.717) is 12.2 Å². The highest BCUT2D eigenvalue weighted by Gasteiger charge is 2.47. The molecule has 4 aliphatic rings. The van der Waals surface area contributed by atoms with Gasteiger partial charge >= 0.3 is 5.97 Å². The van der Waals surface area contributed by atoms with E-state index < -0.39 is 5.97 Å². The minimum Gasteiger partial charge on any atom is -0.480 e. The van der Waals surface area contributed by atoms with Crippen molar-refractivity contribution >= 4 is 5.97 Å². The van der Waals surface area contributed by atoms with Gasteiger partial charge < -0.3 is 5.11 Å². The minimum atomic E-state index is -0.610. The van der Waals surface area contributed by atoms with Crippen LogP contribution >= 0.6 is 0 Å². The summed E-state index contributed by atoms with van der Waals surface area (Å²) >= 11 is 0. The first-order valence-electron chi connectivity index (χ1n) is 13.4. The van der Waals surface area contributed by atoms with Gasteiger partial charge in [0.2, 0.25) is 0 Å². The van der Waals surface area contributed by atoms with Crippen LogP contribution in [0.2, 0.25) is 0 Å². The van der Waals surface area contributed by atoms with Gasteiger partial charge in [-0.1, -0.05) is 71.1 Å². The van der Waals surface area contributed by atoms with Gasteiger partial charge in [0.15, 0.2) is 0 Å². The van der Waals surface area contributed by atoms with E-state index in [-0.39, 0.29) is 6.04 Å². The molecule has 6 atom stereocenters. The molecule has 2 aliphatic heterocycles. The molecule has 4 heteroatoms. The summed E-state index contributed by atoms with van der Waals surface area (Å²) in [7, 11) is 0. The summed E-state index contributed by atoms with van der Waals surface area (Å²) in [4.78, 5) is 14.2. The Morgan fingerprint density at radius 2 is 1.77 bits per heavy atom. The van der Waals surface area contributed by atoms with E-state index in [1.165, 1.54) is 89.9 Å². The first-order chi connectivity index (χ1) is 14.7. The van der Waals surface area contributed by atoms with Crippen molar-refractivity contribution in [3.05, 3.63) is 0 Å². The van der Waals surface area contributed by atoms with Crippen molar-refractivity contribution in [2.24, 2.45) is 23.7 Å². The average Bonchev–Trinajstić information content (AvgIpc) is 3.27. The smallest absolute Gasteiger partial charge is 0.320 e. The fourth-order valence-electron chi connectivity index (χ4n) is 7.61. The molecule has 2 aliphatic carbocycles. The third-order valence-corrected chi connectivity index (χ3v) is 9.16. The van der Waals surface area contributed by atoms with E-state index in [1.54, 1.807) is 0 Å². The van der Waals surface area contributed by atoms with E-state index in [1.807, 2.05) is 0 Å². The Balaban J connectivity index is 1.44. The van der Waals surface area contributed by atoms with Crippen molar-refractivity contribution in [1.82, 2.24) is 10.2 Å². The number of piperidine rings is 1. The van der Waals surface area contributed by atoms with Crippen LogP contribution in [0.25, 0.3) is 0 Å². The first kappa shape index (κ1) is 22.6. The molecule has 0 amide bonds. The van der Waals surface area contributed by atoms with Crippen molar-refractivity contribution in [1.29, 1.82) is 0 Å². The van der Waals surface area contributed by atoms with Crippen molar-refractivity contribution in [3.8, 4) is 0 Å². The molecule has 0 spiro atoms. The molecule has 0 aromatic heterocycles. The molecule has 6 unspecified atom stereocenters. The Labute approximate surface area is 184 Å². The minimum absolute atomic E-state index is 0.263. The van der Waals surface area contributed by atoms with Gasteiger partial charge in [0.25, 0.3) is 0 Å². The fraction of sp³-hybridized carbons (Fsp3) is 0.962. The zero-order valence-corrected chi connectivity index (χ0v) is 19.4. The standard InChI is InChI=1S/C26H46N2O2/c1-2-3-4-6-10-19-14-15-23-22(17-19)21(20-11-7-5-8-12-20)18-25(27-23)28-16-9-13-24(28)26(29)30/h19-25,27H,2-18H2,1H3,(H,29,30). The number of carbonyl (C=O) groups is 1. The number of likely N-dealkylation sites (tertiary alicyclic amines) is 1. The van der Waals surface area contributed by atoms with Crippen LogP contribution < -0.4 is 5.32 Å². The van der Waals surface area contributed by atoms with Gasteiger partial charge in [0, 0.05) is 12.6 Å². The predicted molar refractivity (Wildman–Crippen MR) is 122 cm³/mol. The maximum atomic E-state index is 11.8. The zero-order valence-electron chi connectivity index (χ0n) is 19.4. The number of nitrogens with zero attached hydrogens (tertiary/aromatic N) is 1. The highest BCUT2D eigenvalue weighted by atomic mass is 16.4. The predicted octanol–water partition coefficient (Wildman–Crippen LogP) is 5.81.